The van der Waals surface area contributed by atoms with Gasteiger partial charge in [-0.25, -0.2) is 4.79 Å². The summed E-state index contributed by atoms with van der Waals surface area (Å²) in [5.41, 5.74) is 1.13. The number of aliphatic carboxylic acids is 1. The average Bonchev–Trinajstić information content (AvgIpc) is 2.14. The van der Waals surface area contributed by atoms with Gasteiger partial charge < -0.3 is 5.11 Å². The molecule has 0 radical (unpaired) electrons. The third kappa shape index (κ3) is 3.05. The quantitative estimate of drug-likeness (QED) is 0.588. The number of thioether (sulfide) groups is 1. The van der Waals surface area contributed by atoms with Crippen LogP contribution in [0.3, 0.4) is 0 Å². The Morgan fingerprint density at radius 1 is 1.57 bits per heavy atom. The number of rotatable bonds is 4. The van der Waals surface area contributed by atoms with Crippen molar-refractivity contribution in [3.05, 3.63) is 29.8 Å². The molecule has 3 nitrogen and oxygen atoms in total. The highest BCUT2D eigenvalue weighted by Gasteiger charge is 2.15. The van der Waals surface area contributed by atoms with Gasteiger partial charge in [0, 0.05) is 4.90 Å². The molecule has 14 heavy (non-hydrogen) atoms. The second-order valence-electron chi connectivity index (χ2n) is 2.94. The fraction of sp³-hybridized carbons (Fsp3) is 0.300. The molecule has 2 N–H and O–H groups in total. The van der Waals surface area contributed by atoms with Crippen molar-refractivity contribution in [2.75, 3.05) is 7.05 Å². The lowest BCUT2D eigenvalue weighted by Gasteiger charge is -2.10. The van der Waals surface area contributed by atoms with Crippen molar-refractivity contribution in [2.45, 2.75) is 17.2 Å². The molecular weight excluding hydrogens is 198 g/mol. The lowest BCUT2D eigenvalue weighted by Crippen LogP contribution is -2.30. The summed E-state index contributed by atoms with van der Waals surface area (Å²) in [6.45, 7) is 1.99. The van der Waals surface area contributed by atoms with E-state index in [0.717, 1.165) is 10.5 Å². The van der Waals surface area contributed by atoms with E-state index in [-0.39, 0.29) is 0 Å². The smallest absolute Gasteiger partial charge is 0.331 e. The van der Waals surface area contributed by atoms with Crippen LogP contribution in [0.1, 0.15) is 5.56 Å². The lowest BCUT2D eigenvalue weighted by molar-refractivity contribution is -0.136. The van der Waals surface area contributed by atoms with Crippen LogP contribution in [0.2, 0.25) is 0 Å². The summed E-state index contributed by atoms with van der Waals surface area (Å²) in [4.78, 5) is 11.7. The number of carbonyl (C=O) groups is 1. The Hall–Kier alpha value is -1.00. The summed E-state index contributed by atoms with van der Waals surface area (Å²) in [6, 6.07) is 7.79. The number of carboxylic acids is 1. The van der Waals surface area contributed by atoms with Crippen molar-refractivity contribution in [3.63, 3.8) is 0 Å². The molecule has 0 fully saturated rings. The molecule has 1 unspecified atom stereocenters. The minimum Gasteiger partial charge on any atom is -0.479 e. The van der Waals surface area contributed by atoms with Gasteiger partial charge in [0.1, 0.15) is 0 Å². The molecule has 0 aliphatic heterocycles. The van der Waals surface area contributed by atoms with Gasteiger partial charge in [-0.05, 0) is 26.1 Å². The SMILES string of the molecule is CNC(Sc1cccc(C)c1)C(=O)O. The third-order valence-corrected chi connectivity index (χ3v) is 2.93. The molecule has 0 aliphatic rings. The van der Waals surface area contributed by atoms with E-state index in [9.17, 15) is 4.79 Å². The molecule has 4 heteroatoms. The number of hydrogen-bond donors (Lipinski definition) is 2. The molecule has 0 spiro atoms. The summed E-state index contributed by atoms with van der Waals surface area (Å²) in [6.07, 6.45) is 0. The molecule has 0 aromatic heterocycles. The zero-order valence-corrected chi connectivity index (χ0v) is 8.97. The largest absolute Gasteiger partial charge is 0.479 e. The Kier molecular flexibility index (Phi) is 3.98. The molecule has 0 amide bonds. The number of benzene rings is 1. The van der Waals surface area contributed by atoms with Crippen LogP contribution in [0.25, 0.3) is 0 Å². The minimum atomic E-state index is -0.848. The van der Waals surface area contributed by atoms with Crippen molar-refractivity contribution >= 4 is 17.7 Å². The van der Waals surface area contributed by atoms with Crippen LogP contribution in [0.15, 0.2) is 29.2 Å². The van der Waals surface area contributed by atoms with E-state index in [2.05, 4.69) is 5.32 Å². The van der Waals surface area contributed by atoms with E-state index in [4.69, 9.17) is 5.11 Å². The number of likely N-dealkylation sites (N-methyl/N-ethyl adjacent to an activating group) is 1. The molecule has 0 aliphatic carbocycles. The number of hydrogen-bond acceptors (Lipinski definition) is 3. The standard InChI is InChI=1S/C10H13NO2S/c1-7-4-3-5-8(6-7)14-9(11-2)10(12)13/h3-6,9,11H,1-2H3,(H,12,13). The highest BCUT2D eigenvalue weighted by Crippen LogP contribution is 2.22. The predicted molar refractivity (Wildman–Crippen MR) is 57.5 cm³/mol. The molecular formula is C10H13NO2S. The highest BCUT2D eigenvalue weighted by atomic mass is 32.2. The van der Waals surface area contributed by atoms with Gasteiger partial charge in [0.2, 0.25) is 0 Å². The van der Waals surface area contributed by atoms with Gasteiger partial charge in [-0.1, -0.05) is 29.5 Å². The molecule has 1 rings (SSSR count). The van der Waals surface area contributed by atoms with E-state index in [1.54, 1.807) is 7.05 Å². The Morgan fingerprint density at radius 3 is 2.79 bits per heavy atom. The first-order valence-corrected chi connectivity index (χ1v) is 5.15. The monoisotopic (exact) mass is 211 g/mol. The van der Waals surface area contributed by atoms with Gasteiger partial charge >= 0.3 is 5.97 Å². The Balaban J connectivity index is 2.72. The zero-order chi connectivity index (χ0) is 10.6. The molecule has 0 saturated heterocycles. The maximum Gasteiger partial charge on any atom is 0.331 e. The van der Waals surface area contributed by atoms with Crippen LogP contribution in [0.4, 0.5) is 0 Å². The highest BCUT2D eigenvalue weighted by molar-refractivity contribution is 8.00. The molecule has 1 atom stereocenters. The molecule has 0 bridgehead atoms. The van der Waals surface area contributed by atoms with Crippen LogP contribution in [0, 0.1) is 6.92 Å². The minimum absolute atomic E-state index is 0.586. The van der Waals surface area contributed by atoms with Crippen LogP contribution < -0.4 is 5.32 Å². The molecule has 76 valence electrons. The average molecular weight is 211 g/mol. The van der Waals surface area contributed by atoms with Gasteiger partial charge in [0.05, 0.1) is 0 Å². The van der Waals surface area contributed by atoms with Crippen molar-refractivity contribution in [2.24, 2.45) is 0 Å². The first kappa shape index (κ1) is 11.1. The van der Waals surface area contributed by atoms with Crippen LogP contribution in [0.5, 0.6) is 0 Å². The summed E-state index contributed by atoms with van der Waals surface area (Å²) in [7, 11) is 1.64. The van der Waals surface area contributed by atoms with E-state index < -0.39 is 11.3 Å². The first-order valence-electron chi connectivity index (χ1n) is 4.27. The van der Waals surface area contributed by atoms with Crippen molar-refractivity contribution in [1.82, 2.24) is 5.32 Å². The van der Waals surface area contributed by atoms with Crippen LogP contribution in [-0.2, 0) is 4.79 Å². The van der Waals surface area contributed by atoms with E-state index in [1.165, 1.54) is 11.8 Å². The first-order chi connectivity index (χ1) is 6.63. The predicted octanol–water partition coefficient (Wildman–Crippen LogP) is 1.72. The fourth-order valence-corrected chi connectivity index (χ4v) is 1.96. The summed E-state index contributed by atoms with van der Waals surface area (Å²) in [5, 5.41) is 11.0. The summed E-state index contributed by atoms with van der Waals surface area (Å²) >= 11 is 1.30. The van der Waals surface area contributed by atoms with Crippen molar-refractivity contribution in [3.8, 4) is 0 Å². The van der Waals surface area contributed by atoms with E-state index in [1.807, 2.05) is 31.2 Å². The van der Waals surface area contributed by atoms with Crippen LogP contribution in [-0.4, -0.2) is 23.5 Å². The molecule has 1 aromatic rings. The maximum atomic E-state index is 10.7. The molecule has 0 saturated carbocycles. The van der Waals surface area contributed by atoms with Gasteiger partial charge in [-0.2, -0.15) is 0 Å². The second kappa shape index (κ2) is 5.02. The Labute approximate surface area is 87.5 Å². The van der Waals surface area contributed by atoms with Gasteiger partial charge in [0.15, 0.2) is 5.37 Å². The maximum absolute atomic E-state index is 10.7. The van der Waals surface area contributed by atoms with E-state index in [0.29, 0.717) is 0 Å². The Morgan fingerprint density at radius 2 is 2.29 bits per heavy atom. The number of nitrogens with one attached hydrogen (secondary N) is 1. The molecule has 0 heterocycles. The number of carboxylic acid groups (broad SMARTS) is 1. The van der Waals surface area contributed by atoms with Gasteiger partial charge in [-0.3, -0.25) is 5.32 Å². The second-order valence-corrected chi connectivity index (χ2v) is 4.12. The Bertz CT molecular complexity index is 328. The summed E-state index contributed by atoms with van der Waals surface area (Å²) in [5.74, 6) is -0.848. The fourth-order valence-electron chi connectivity index (χ4n) is 1.06. The third-order valence-electron chi connectivity index (χ3n) is 1.73. The van der Waals surface area contributed by atoms with Crippen molar-refractivity contribution in [1.29, 1.82) is 0 Å². The normalized spacial score (nSPS) is 12.4. The lowest BCUT2D eigenvalue weighted by atomic mass is 10.2. The van der Waals surface area contributed by atoms with Crippen molar-refractivity contribution < 1.29 is 9.90 Å². The zero-order valence-electron chi connectivity index (χ0n) is 8.15. The van der Waals surface area contributed by atoms with E-state index >= 15 is 0 Å². The van der Waals surface area contributed by atoms with Gasteiger partial charge in [-0.15, -0.1) is 0 Å². The topological polar surface area (TPSA) is 49.3 Å². The molecule has 1 aromatic carbocycles. The van der Waals surface area contributed by atoms with Gasteiger partial charge in [0.25, 0.3) is 0 Å². The number of aryl methyl sites for hydroxylation is 1. The van der Waals surface area contributed by atoms with Crippen LogP contribution >= 0.6 is 11.8 Å². The summed E-state index contributed by atoms with van der Waals surface area (Å²) < 4.78 is 0.